The SMILES string of the molecule is C=C1C=C(C)OC(C)(C)O1.CC[C@H](C)C=O.CC[C@H](C)[C@@H](O)CC1=CC(=O)OC(C)(C)O1.CC[C@H](C)[C@H](C[C@@H](CC(=O)O)O[Si](C)(C)C(C)(C)C)OCc1ccccc1. The summed E-state index contributed by atoms with van der Waals surface area (Å²) in [5.41, 5.74) is 1.13. The number of esters is 1. The summed E-state index contributed by atoms with van der Waals surface area (Å²) in [6, 6.07) is 10.1. The number of hydrogen-bond donors (Lipinski definition) is 2. The number of ether oxygens (including phenoxy) is 5. The number of aliphatic hydroxyl groups is 1. The van der Waals surface area contributed by atoms with Crippen LogP contribution in [0.3, 0.4) is 0 Å². The zero-order valence-electron chi connectivity index (χ0n) is 39.3. The molecule has 12 heteroatoms. The van der Waals surface area contributed by atoms with Crippen LogP contribution in [0.1, 0.15) is 141 Å². The number of cyclic esters (lactones) is 1. The van der Waals surface area contributed by atoms with Crippen LogP contribution >= 0.6 is 0 Å². The van der Waals surface area contributed by atoms with Crippen LogP contribution in [0.25, 0.3) is 0 Å². The summed E-state index contributed by atoms with van der Waals surface area (Å²) < 4.78 is 33.7. The number of hydrogen-bond acceptors (Lipinski definition) is 10. The lowest BCUT2D eigenvalue weighted by molar-refractivity contribution is -0.207. The highest BCUT2D eigenvalue weighted by molar-refractivity contribution is 6.74. The molecular formula is C47H80O11Si. The van der Waals surface area contributed by atoms with Crippen molar-refractivity contribution in [3.8, 4) is 0 Å². The molecule has 2 N–H and O–H groups in total. The lowest BCUT2D eigenvalue weighted by Crippen LogP contribution is -2.45. The van der Waals surface area contributed by atoms with E-state index in [4.69, 9.17) is 28.1 Å². The first-order chi connectivity index (χ1) is 27.1. The molecule has 6 atom stereocenters. The summed E-state index contributed by atoms with van der Waals surface area (Å²) in [4.78, 5) is 32.4. The van der Waals surface area contributed by atoms with E-state index >= 15 is 0 Å². The zero-order valence-corrected chi connectivity index (χ0v) is 40.3. The van der Waals surface area contributed by atoms with Gasteiger partial charge in [0, 0.05) is 46.1 Å². The van der Waals surface area contributed by atoms with Gasteiger partial charge in [-0.1, -0.05) is 112 Å². The molecule has 2 aliphatic rings. The van der Waals surface area contributed by atoms with Crippen LogP contribution in [-0.4, -0.2) is 66.6 Å². The Labute approximate surface area is 358 Å². The average Bonchev–Trinajstić information content (AvgIpc) is 3.10. The highest BCUT2D eigenvalue weighted by Gasteiger charge is 2.40. The molecule has 2 heterocycles. The number of carbonyl (C=O) groups excluding carboxylic acids is 2. The Morgan fingerprint density at radius 3 is 1.88 bits per heavy atom. The maximum absolute atomic E-state index is 11.4. The number of allylic oxidation sites excluding steroid dienone is 2. The fourth-order valence-electron chi connectivity index (χ4n) is 5.38. The van der Waals surface area contributed by atoms with Crippen molar-refractivity contribution in [3.05, 3.63) is 71.9 Å². The fourth-order valence-corrected chi connectivity index (χ4v) is 6.75. The lowest BCUT2D eigenvalue weighted by atomic mass is 9.95. The van der Waals surface area contributed by atoms with Gasteiger partial charge in [0.15, 0.2) is 8.32 Å². The monoisotopic (exact) mass is 849 g/mol. The van der Waals surface area contributed by atoms with E-state index in [1.54, 1.807) is 19.9 Å². The predicted molar refractivity (Wildman–Crippen MR) is 237 cm³/mol. The Balaban J connectivity index is 0.000000878. The van der Waals surface area contributed by atoms with Crippen LogP contribution in [0.4, 0.5) is 0 Å². The van der Waals surface area contributed by atoms with E-state index in [1.165, 1.54) is 6.08 Å². The van der Waals surface area contributed by atoms with Gasteiger partial charge in [-0.05, 0) is 55.3 Å². The van der Waals surface area contributed by atoms with Crippen LogP contribution in [0.2, 0.25) is 18.1 Å². The van der Waals surface area contributed by atoms with E-state index in [0.29, 0.717) is 36.9 Å². The van der Waals surface area contributed by atoms with Gasteiger partial charge >= 0.3 is 11.9 Å². The van der Waals surface area contributed by atoms with Gasteiger partial charge in [0.1, 0.15) is 23.6 Å². The van der Waals surface area contributed by atoms with E-state index in [1.807, 2.05) is 66.7 Å². The van der Waals surface area contributed by atoms with Gasteiger partial charge in [0.05, 0.1) is 37.4 Å². The first kappa shape index (κ1) is 55.5. The summed E-state index contributed by atoms with van der Waals surface area (Å²) in [5.74, 6) is 0.0756. The Hall–Kier alpha value is -3.45. The maximum Gasteiger partial charge on any atom is 0.337 e. The van der Waals surface area contributed by atoms with Crippen molar-refractivity contribution in [2.75, 3.05) is 0 Å². The summed E-state index contributed by atoms with van der Waals surface area (Å²) in [6.07, 6.45) is 7.04. The second kappa shape index (κ2) is 26.0. The third-order valence-electron chi connectivity index (χ3n) is 10.5. The minimum Gasteiger partial charge on any atom is -0.481 e. The standard InChI is InChI=1S/C22H38O4Si.C12H20O4.C8H12O2.C5H10O/c1-8-17(2)20(25-16-18-12-10-9-11-13-18)14-19(15-21(23)24)26-27(6,7)22(3,4)5;1-5-8(2)10(13)6-9-7-11(14)16-12(3,4)15-9;1-6-5-7(2)10-8(3,4)9-6;1-3-5(2)4-6/h9-13,17,19-20H,8,14-16H2,1-7H3,(H,23,24);7-8,10,13H,5-6H2,1-4H3;5H,1H2,2-4H3;4-5H,3H2,1-2H3/t17-,19-,20-;8-,10-;;5-/m00.0/s1. The molecule has 338 valence electrons. The number of carbonyl (C=O) groups is 3. The molecule has 11 nitrogen and oxygen atoms in total. The second-order valence-electron chi connectivity index (χ2n) is 18.1. The molecular weight excluding hydrogens is 769 g/mol. The zero-order chi connectivity index (χ0) is 45.8. The molecule has 0 spiro atoms. The molecule has 1 aromatic carbocycles. The lowest BCUT2D eigenvalue weighted by Gasteiger charge is -2.40. The maximum atomic E-state index is 11.4. The van der Waals surface area contributed by atoms with Crippen LogP contribution in [0.15, 0.2) is 66.3 Å². The molecule has 0 amide bonds. The van der Waals surface area contributed by atoms with Crippen LogP contribution in [0, 0.1) is 17.8 Å². The highest BCUT2D eigenvalue weighted by Crippen LogP contribution is 2.38. The first-order valence-electron chi connectivity index (χ1n) is 21.2. The first-order valence-corrected chi connectivity index (χ1v) is 24.1. The normalized spacial score (nSPS) is 18.7. The Bertz CT molecular complexity index is 1480. The molecule has 0 aliphatic carbocycles. The van der Waals surface area contributed by atoms with Crippen molar-refractivity contribution >= 4 is 26.5 Å². The molecule has 0 saturated heterocycles. The molecule has 1 aromatic rings. The number of aldehydes is 1. The molecule has 0 saturated carbocycles. The van der Waals surface area contributed by atoms with Crippen LogP contribution < -0.4 is 0 Å². The smallest absolute Gasteiger partial charge is 0.337 e. The van der Waals surface area contributed by atoms with Crippen molar-refractivity contribution in [2.45, 2.75) is 190 Å². The number of carboxylic acid groups (broad SMARTS) is 1. The summed E-state index contributed by atoms with van der Waals surface area (Å²) >= 11 is 0. The molecule has 0 bridgehead atoms. The van der Waals surface area contributed by atoms with Crippen molar-refractivity contribution in [1.29, 1.82) is 0 Å². The number of rotatable bonds is 17. The van der Waals surface area contributed by atoms with E-state index < -0.39 is 37.9 Å². The van der Waals surface area contributed by atoms with E-state index in [-0.39, 0.29) is 35.5 Å². The summed E-state index contributed by atoms with van der Waals surface area (Å²) in [6.45, 7) is 36.2. The third kappa shape index (κ3) is 23.8. The summed E-state index contributed by atoms with van der Waals surface area (Å²) in [7, 11) is -2.05. The van der Waals surface area contributed by atoms with E-state index in [2.05, 4.69) is 66.4 Å². The molecule has 0 aromatic heterocycles. The molecule has 2 aliphatic heterocycles. The average molecular weight is 849 g/mol. The third-order valence-corrected chi connectivity index (χ3v) is 15.0. The second-order valence-corrected chi connectivity index (χ2v) is 22.8. The number of benzene rings is 1. The summed E-state index contributed by atoms with van der Waals surface area (Å²) in [5, 5.41) is 19.3. The van der Waals surface area contributed by atoms with E-state index in [9.17, 15) is 24.6 Å². The van der Waals surface area contributed by atoms with Crippen molar-refractivity contribution in [2.24, 2.45) is 17.8 Å². The number of carboxylic acids is 1. The molecule has 0 radical (unpaired) electrons. The Kier molecular flexibility index (Phi) is 24.5. The number of aliphatic carboxylic acids is 1. The van der Waals surface area contributed by atoms with Gasteiger partial charge in [-0.25, -0.2) is 4.79 Å². The van der Waals surface area contributed by atoms with Crippen LogP contribution in [0.5, 0.6) is 0 Å². The van der Waals surface area contributed by atoms with Gasteiger partial charge in [-0.15, -0.1) is 0 Å². The topological polar surface area (TPSA) is 147 Å². The van der Waals surface area contributed by atoms with Gasteiger partial charge in [-0.3, -0.25) is 4.79 Å². The largest absolute Gasteiger partial charge is 0.481 e. The molecule has 3 rings (SSSR count). The van der Waals surface area contributed by atoms with Crippen molar-refractivity contribution in [1.82, 2.24) is 0 Å². The van der Waals surface area contributed by atoms with Crippen molar-refractivity contribution in [3.63, 3.8) is 0 Å². The van der Waals surface area contributed by atoms with Gasteiger partial charge < -0.3 is 43.1 Å². The minimum atomic E-state index is -2.05. The molecule has 0 fully saturated rings. The Morgan fingerprint density at radius 1 is 0.898 bits per heavy atom. The quantitative estimate of drug-likeness (QED) is 0.0877. The minimum absolute atomic E-state index is 0.0220. The van der Waals surface area contributed by atoms with E-state index in [0.717, 1.165) is 36.9 Å². The number of aliphatic hydroxyl groups excluding tert-OH is 1. The predicted octanol–water partition coefficient (Wildman–Crippen LogP) is 11.3. The van der Waals surface area contributed by atoms with Gasteiger partial charge in [0.2, 0.25) is 11.6 Å². The van der Waals surface area contributed by atoms with Crippen molar-refractivity contribution < 1.29 is 52.7 Å². The highest BCUT2D eigenvalue weighted by atomic mass is 28.4. The fraction of sp³-hybridized carbons (Fsp3) is 0.681. The van der Waals surface area contributed by atoms with Gasteiger partial charge in [-0.2, -0.15) is 0 Å². The van der Waals surface area contributed by atoms with Gasteiger partial charge in [0.25, 0.3) is 0 Å². The molecule has 59 heavy (non-hydrogen) atoms. The Morgan fingerprint density at radius 2 is 1.46 bits per heavy atom. The van der Waals surface area contributed by atoms with Crippen LogP contribution in [-0.2, 0) is 49.1 Å². The molecule has 0 unspecified atom stereocenters.